The first-order chi connectivity index (χ1) is 7.08. The van der Waals surface area contributed by atoms with Crippen LogP contribution in [0, 0.1) is 6.92 Å². The molecule has 3 nitrogen and oxygen atoms in total. The van der Waals surface area contributed by atoms with Gasteiger partial charge >= 0.3 is 0 Å². The molecule has 2 rings (SSSR count). The third kappa shape index (κ3) is 1.98. The Balaban J connectivity index is 2.61. The van der Waals surface area contributed by atoms with Gasteiger partial charge in [-0.1, -0.05) is 11.6 Å². The zero-order valence-corrected chi connectivity index (χ0v) is 9.60. The van der Waals surface area contributed by atoms with Crippen molar-refractivity contribution < 1.29 is 0 Å². The molecule has 0 fully saturated rings. The predicted octanol–water partition coefficient (Wildman–Crippen LogP) is 2.41. The summed E-state index contributed by atoms with van der Waals surface area (Å²) in [7, 11) is 0. The number of aromatic amines is 1. The maximum atomic E-state index is 6.05. The quantitative estimate of drug-likeness (QED) is 0.822. The van der Waals surface area contributed by atoms with Crippen LogP contribution in [-0.4, -0.2) is 16.2 Å². The van der Waals surface area contributed by atoms with Gasteiger partial charge in [-0.25, -0.2) is 0 Å². The minimum absolute atomic E-state index is 0.115. The van der Waals surface area contributed by atoms with Crippen molar-refractivity contribution in [1.82, 2.24) is 10.2 Å². The lowest BCUT2D eigenvalue weighted by Gasteiger charge is -2.06. The van der Waals surface area contributed by atoms with E-state index < -0.39 is 0 Å². The average molecular weight is 224 g/mol. The fourth-order valence-corrected chi connectivity index (χ4v) is 2.02. The highest BCUT2D eigenvalue weighted by molar-refractivity contribution is 6.31. The summed E-state index contributed by atoms with van der Waals surface area (Å²) in [6.07, 6.45) is 0.793. The van der Waals surface area contributed by atoms with Crippen LogP contribution >= 0.6 is 11.6 Å². The minimum Gasteiger partial charge on any atom is -0.328 e. The molecule has 2 aromatic rings. The largest absolute Gasteiger partial charge is 0.328 e. The van der Waals surface area contributed by atoms with Crippen LogP contribution in [0.3, 0.4) is 0 Å². The maximum absolute atomic E-state index is 6.05. The number of fused-ring (bicyclic) bond motifs is 1. The van der Waals surface area contributed by atoms with Crippen molar-refractivity contribution in [1.29, 1.82) is 0 Å². The second-order valence-corrected chi connectivity index (χ2v) is 4.43. The van der Waals surface area contributed by atoms with E-state index in [1.165, 1.54) is 0 Å². The smallest absolute Gasteiger partial charge is 0.0957 e. The lowest BCUT2D eigenvalue weighted by atomic mass is 10.0. The van der Waals surface area contributed by atoms with Crippen LogP contribution in [-0.2, 0) is 6.42 Å². The molecular formula is C11H14ClN3. The highest BCUT2D eigenvalue weighted by Gasteiger charge is 2.09. The Morgan fingerprint density at radius 2 is 2.27 bits per heavy atom. The van der Waals surface area contributed by atoms with E-state index >= 15 is 0 Å². The van der Waals surface area contributed by atoms with Crippen LogP contribution in [0.5, 0.6) is 0 Å². The molecule has 3 N–H and O–H groups in total. The molecule has 4 heteroatoms. The van der Waals surface area contributed by atoms with Crippen LogP contribution in [0.1, 0.15) is 18.2 Å². The van der Waals surface area contributed by atoms with Gasteiger partial charge in [0.15, 0.2) is 0 Å². The fourth-order valence-electron chi connectivity index (χ4n) is 1.78. The minimum atomic E-state index is 0.115. The Hall–Kier alpha value is -1.06. The highest BCUT2D eigenvalue weighted by Crippen LogP contribution is 2.25. The molecule has 0 saturated heterocycles. The SMILES string of the molecule is Cc1[nH]nc2c(CC(C)N)cc(Cl)cc12. The van der Waals surface area contributed by atoms with Gasteiger partial charge in [0.2, 0.25) is 0 Å². The van der Waals surface area contributed by atoms with Crippen molar-refractivity contribution >= 4 is 22.5 Å². The maximum Gasteiger partial charge on any atom is 0.0957 e. The van der Waals surface area contributed by atoms with Crippen LogP contribution in [0.4, 0.5) is 0 Å². The number of nitrogens with one attached hydrogen (secondary N) is 1. The zero-order chi connectivity index (χ0) is 11.0. The molecule has 0 spiro atoms. The van der Waals surface area contributed by atoms with Gasteiger partial charge in [-0.2, -0.15) is 5.10 Å². The summed E-state index contributed by atoms with van der Waals surface area (Å²) in [5.41, 5.74) is 8.92. The number of benzene rings is 1. The number of aromatic nitrogens is 2. The number of hydrogen-bond donors (Lipinski definition) is 2. The fraction of sp³-hybridized carbons (Fsp3) is 0.364. The van der Waals surface area contributed by atoms with Crippen molar-refractivity contribution in [3.63, 3.8) is 0 Å². The lowest BCUT2D eigenvalue weighted by molar-refractivity contribution is 0.740. The Kier molecular flexibility index (Phi) is 2.67. The van der Waals surface area contributed by atoms with E-state index in [2.05, 4.69) is 10.2 Å². The van der Waals surface area contributed by atoms with Crippen LogP contribution < -0.4 is 5.73 Å². The van der Waals surface area contributed by atoms with Gasteiger partial charge in [0.1, 0.15) is 0 Å². The molecule has 1 aromatic carbocycles. The summed E-state index contributed by atoms with van der Waals surface area (Å²) in [5.74, 6) is 0. The summed E-state index contributed by atoms with van der Waals surface area (Å²) in [6.45, 7) is 3.97. The van der Waals surface area contributed by atoms with Crippen molar-refractivity contribution in [2.75, 3.05) is 0 Å². The van der Waals surface area contributed by atoms with Gasteiger partial charge in [-0.3, -0.25) is 5.10 Å². The predicted molar refractivity (Wildman–Crippen MR) is 63.2 cm³/mol. The van der Waals surface area contributed by atoms with Crippen LogP contribution in [0.15, 0.2) is 12.1 Å². The molecule has 1 heterocycles. The number of hydrogen-bond acceptors (Lipinski definition) is 2. The molecule has 80 valence electrons. The number of rotatable bonds is 2. The van der Waals surface area contributed by atoms with Crippen LogP contribution in [0.25, 0.3) is 10.9 Å². The summed E-state index contributed by atoms with van der Waals surface area (Å²) in [4.78, 5) is 0. The summed E-state index contributed by atoms with van der Waals surface area (Å²) in [6, 6.07) is 3.98. The van der Waals surface area contributed by atoms with E-state index in [4.69, 9.17) is 17.3 Å². The van der Waals surface area contributed by atoms with E-state index in [0.29, 0.717) is 0 Å². The van der Waals surface area contributed by atoms with Gasteiger partial charge in [-0.15, -0.1) is 0 Å². The van der Waals surface area contributed by atoms with E-state index in [1.807, 2.05) is 26.0 Å². The monoisotopic (exact) mass is 223 g/mol. The third-order valence-electron chi connectivity index (χ3n) is 2.43. The van der Waals surface area contributed by atoms with Crippen LogP contribution in [0.2, 0.25) is 5.02 Å². The highest BCUT2D eigenvalue weighted by atomic mass is 35.5. The molecule has 0 bridgehead atoms. The van der Waals surface area contributed by atoms with Gasteiger partial charge < -0.3 is 5.73 Å². The number of H-pyrrole nitrogens is 1. The second-order valence-electron chi connectivity index (χ2n) is 3.99. The molecule has 0 aliphatic rings. The normalized spacial score (nSPS) is 13.3. The molecule has 1 unspecified atom stereocenters. The van der Waals surface area contributed by atoms with Gasteiger partial charge in [-0.05, 0) is 38.0 Å². The van der Waals surface area contributed by atoms with E-state index in [1.54, 1.807) is 0 Å². The van der Waals surface area contributed by atoms with Gasteiger partial charge in [0.25, 0.3) is 0 Å². The number of nitrogens with zero attached hydrogens (tertiary/aromatic N) is 1. The number of nitrogens with two attached hydrogens (primary N) is 1. The number of aryl methyl sites for hydroxylation is 1. The standard InChI is InChI=1S/C11H14ClN3/c1-6(13)3-8-4-9(12)5-10-7(2)14-15-11(8)10/h4-6H,3,13H2,1-2H3,(H,14,15). The molecule has 1 atom stereocenters. The Labute approximate surface area is 93.6 Å². The molecular weight excluding hydrogens is 210 g/mol. The lowest BCUT2D eigenvalue weighted by Crippen LogP contribution is -2.17. The molecule has 0 radical (unpaired) electrons. The molecule has 0 aliphatic carbocycles. The summed E-state index contributed by atoms with van der Waals surface area (Å²) >= 11 is 6.05. The second kappa shape index (κ2) is 3.83. The molecule has 0 aliphatic heterocycles. The van der Waals surface area contributed by atoms with Gasteiger partial charge in [0, 0.05) is 22.1 Å². The van der Waals surface area contributed by atoms with Crippen molar-refractivity contribution in [3.05, 3.63) is 28.4 Å². The molecule has 15 heavy (non-hydrogen) atoms. The molecule has 0 amide bonds. The molecule has 1 aromatic heterocycles. The van der Waals surface area contributed by atoms with Crippen molar-refractivity contribution in [2.45, 2.75) is 26.3 Å². The Bertz CT molecular complexity index is 488. The topological polar surface area (TPSA) is 54.7 Å². The Morgan fingerprint density at radius 3 is 2.93 bits per heavy atom. The molecule has 0 saturated carbocycles. The van der Waals surface area contributed by atoms with E-state index in [9.17, 15) is 0 Å². The summed E-state index contributed by atoms with van der Waals surface area (Å²) < 4.78 is 0. The first-order valence-corrected chi connectivity index (χ1v) is 5.34. The number of halogens is 1. The van der Waals surface area contributed by atoms with Crippen molar-refractivity contribution in [3.8, 4) is 0 Å². The summed E-state index contributed by atoms with van der Waals surface area (Å²) in [5, 5.41) is 9.06. The first-order valence-electron chi connectivity index (χ1n) is 4.96. The average Bonchev–Trinajstić information content (AvgIpc) is 2.47. The van der Waals surface area contributed by atoms with Gasteiger partial charge in [0.05, 0.1) is 5.52 Å². The van der Waals surface area contributed by atoms with E-state index in [0.717, 1.165) is 33.6 Å². The van der Waals surface area contributed by atoms with E-state index in [-0.39, 0.29) is 6.04 Å². The first kappa shape index (κ1) is 10.5. The third-order valence-corrected chi connectivity index (χ3v) is 2.65. The zero-order valence-electron chi connectivity index (χ0n) is 8.84. The Morgan fingerprint density at radius 1 is 1.53 bits per heavy atom. The van der Waals surface area contributed by atoms with Crippen molar-refractivity contribution in [2.24, 2.45) is 5.73 Å².